The van der Waals surface area contributed by atoms with Crippen molar-refractivity contribution in [1.29, 1.82) is 0 Å². The number of carbonyl (C=O) groups is 1. The molecule has 0 atom stereocenters. The van der Waals surface area contributed by atoms with Crippen LogP contribution in [0.2, 0.25) is 5.02 Å². The van der Waals surface area contributed by atoms with E-state index in [4.69, 9.17) is 18.0 Å². The number of rotatable bonds is 6. The minimum absolute atomic E-state index is 0.0225. The summed E-state index contributed by atoms with van der Waals surface area (Å²) in [5, 5.41) is 0.232. The summed E-state index contributed by atoms with van der Waals surface area (Å²) in [6, 6.07) is 13.0. The molecule has 3 rings (SSSR count). The molecule has 0 aromatic heterocycles. The minimum Gasteiger partial charge on any atom is -0.336 e. The van der Waals surface area contributed by atoms with Gasteiger partial charge in [0.1, 0.15) is 0 Å². The fourth-order valence-corrected chi connectivity index (χ4v) is 4.75. The largest absolute Gasteiger partial charge is 0.336 e. The number of para-hydroxylation sites is 1. The maximum atomic E-state index is 13.1. The number of benzene rings is 2. The van der Waals surface area contributed by atoms with E-state index in [2.05, 4.69) is 10.8 Å². The van der Waals surface area contributed by atoms with E-state index in [-0.39, 0.29) is 21.4 Å². The summed E-state index contributed by atoms with van der Waals surface area (Å²) < 4.78 is 27.3. The number of sulfonamides is 1. The molecule has 0 aliphatic carbocycles. The van der Waals surface area contributed by atoms with E-state index < -0.39 is 10.0 Å². The van der Waals surface area contributed by atoms with E-state index >= 15 is 0 Å². The lowest BCUT2D eigenvalue weighted by atomic mass is 10.1. The molecule has 8 heteroatoms. The highest BCUT2D eigenvalue weighted by Gasteiger charge is 2.27. The number of halogens is 1. The van der Waals surface area contributed by atoms with E-state index in [9.17, 15) is 13.2 Å². The number of nitrogens with zero attached hydrogens (tertiary/aromatic N) is 3. The highest BCUT2D eigenvalue weighted by Crippen LogP contribution is 2.26. The van der Waals surface area contributed by atoms with Crippen LogP contribution in [-0.2, 0) is 10.0 Å². The van der Waals surface area contributed by atoms with Crippen LogP contribution in [0.15, 0.2) is 53.4 Å². The van der Waals surface area contributed by atoms with Crippen LogP contribution in [0.25, 0.3) is 0 Å². The summed E-state index contributed by atoms with van der Waals surface area (Å²) in [4.78, 5) is 17.0. The lowest BCUT2D eigenvalue weighted by molar-refractivity contribution is 0.0640. The third-order valence-corrected chi connectivity index (χ3v) is 7.29. The number of hydrogen-bond acceptors (Lipinski definition) is 4. The van der Waals surface area contributed by atoms with Gasteiger partial charge in [-0.1, -0.05) is 29.8 Å². The molecule has 1 fully saturated rings. The van der Waals surface area contributed by atoms with Crippen LogP contribution in [0.5, 0.6) is 0 Å². The van der Waals surface area contributed by atoms with E-state index in [0.717, 1.165) is 19.6 Å². The molecule has 2 aromatic carbocycles. The first-order valence-electron chi connectivity index (χ1n) is 9.63. The first-order chi connectivity index (χ1) is 14.3. The standard InChI is InChI=1S/C22H24ClN3O3S/c1-3-4-12-25-13-15-26(16-14-25)22(27)20-17-19(10-11-21(20)23)30(28,29)24(2)18-8-6-5-7-9-18/h1,5-11,17H,4,12-16H2,2H3. The Morgan fingerprint density at radius 2 is 1.80 bits per heavy atom. The van der Waals surface area contributed by atoms with Crippen molar-refractivity contribution in [3.05, 3.63) is 59.1 Å². The van der Waals surface area contributed by atoms with Crippen LogP contribution in [-0.4, -0.2) is 63.9 Å². The van der Waals surface area contributed by atoms with Crippen LogP contribution < -0.4 is 4.31 Å². The van der Waals surface area contributed by atoms with E-state index in [1.54, 1.807) is 29.2 Å². The zero-order chi connectivity index (χ0) is 21.7. The van der Waals surface area contributed by atoms with Crippen molar-refractivity contribution in [2.45, 2.75) is 11.3 Å². The molecule has 6 nitrogen and oxygen atoms in total. The summed E-state index contributed by atoms with van der Waals surface area (Å²) in [7, 11) is -2.36. The number of carbonyl (C=O) groups excluding carboxylic acids is 1. The van der Waals surface area contributed by atoms with Gasteiger partial charge in [0.05, 0.1) is 21.2 Å². The van der Waals surface area contributed by atoms with Crippen molar-refractivity contribution in [1.82, 2.24) is 9.80 Å². The zero-order valence-corrected chi connectivity index (χ0v) is 18.4. The Morgan fingerprint density at radius 1 is 1.13 bits per heavy atom. The van der Waals surface area contributed by atoms with Crippen LogP contribution in [0.1, 0.15) is 16.8 Å². The highest BCUT2D eigenvalue weighted by atomic mass is 35.5. The van der Waals surface area contributed by atoms with Crippen LogP contribution >= 0.6 is 11.6 Å². The van der Waals surface area contributed by atoms with Gasteiger partial charge < -0.3 is 4.90 Å². The second-order valence-corrected chi connectivity index (χ2v) is 9.41. The predicted octanol–water partition coefficient (Wildman–Crippen LogP) is 2.95. The third kappa shape index (κ3) is 4.78. The second-order valence-electron chi connectivity index (χ2n) is 7.04. The smallest absolute Gasteiger partial charge is 0.264 e. The Hall–Kier alpha value is -2.53. The lowest BCUT2D eigenvalue weighted by Crippen LogP contribution is -2.48. The molecule has 0 saturated carbocycles. The topological polar surface area (TPSA) is 60.9 Å². The first kappa shape index (κ1) is 22.2. The predicted molar refractivity (Wildman–Crippen MR) is 119 cm³/mol. The molecule has 0 unspecified atom stereocenters. The molecule has 0 spiro atoms. The molecule has 1 heterocycles. The highest BCUT2D eigenvalue weighted by molar-refractivity contribution is 7.92. The second kappa shape index (κ2) is 9.52. The number of anilines is 1. The number of hydrogen-bond donors (Lipinski definition) is 0. The monoisotopic (exact) mass is 445 g/mol. The fourth-order valence-electron chi connectivity index (χ4n) is 3.33. The SMILES string of the molecule is C#CCCN1CCN(C(=O)c2cc(S(=O)(=O)N(C)c3ccccc3)ccc2Cl)CC1. The van der Waals surface area contributed by atoms with E-state index in [0.29, 0.717) is 25.2 Å². The quantitative estimate of drug-likeness (QED) is 0.641. The Bertz CT molecular complexity index is 1040. The van der Waals surface area contributed by atoms with Crippen LogP contribution in [0, 0.1) is 12.3 Å². The summed E-state index contributed by atoms with van der Waals surface area (Å²) in [5.41, 5.74) is 0.722. The molecule has 30 heavy (non-hydrogen) atoms. The Labute approximate surface area is 183 Å². The molecule has 2 aromatic rings. The molecule has 158 valence electrons. The average Bonchev–Trinajstić information content (AvgIpc) is 2.77. The lowest BCUT2D eigenvalue weighted by Gasteiger charge is -2.34. The molecule has 1 saturated heterocycles. The van der Waals surface area contributed by atoms with Gasteiger partial charge in [-0.25, -0.2) is 8.42 Å². The van der Waals surface area contributed by atoms with Gasteiger partial charge in [0.15, 0.2) is 0 Å². The summed E-state index contributed by atoms with van der Waals surface area (Å²) in [5.74, 6) is 2.36. The van der Waals surface area contributed by atoms with Crippen LogP contribution in [0.4, 0.5) is 5.69 Å². The molecule has 1 aliphatic heterocycles. The number of terminal acetylenes is 1. The number of amides is 1. The average molecular weight is 446 g/mol. The molecular weight excluding hydrogens is 422 g/mol. The summed E-state index contributed by atoms with van der Waals surface area (Å²) >= 11 is 6.27. The van der Waals surface area contributed by atoms with Crippen molar-refractivity contribution in [3.8, 4) is 12.3 Å². The van der Waals surface area contributed by atoms with Gasteiger partial charge in [0, 0.05) is 46.2 Å². The first-order valence-corrected chi connectivity index (χ1v) is 11.4. The van der Waals surface area contributed by atoms with Crippen molar-refractivity contribution < 1.29 is 13.2 Å². The molecular formula is C22H24ClN3O3S. The maximum Gasteiger partial charge on any atom is 0.264 e. The van der Waals surface area contributed by atoms with E-state index in [1.807, 2.05) is 6.07 Å². The van der Waals surface area contributed by atoms with Gasteiger partial charge in [-0.3, -0.25) is 14.0 Å². The van der Waals surface area contributed by atoms with Crippen molar-refractivity contribution in [2.24, 2.45) is 0 Å². The van der Waals surface area contributed by atoms with Gasteiger partial charge in [0.2, 0.25) is 0 Å². The summed E-state index contributed by atoms with van der Waals surface area (Å²) in [6.07, 6.45) is 5.99. The fraction of sp³-hybridized carbons (Fsp3) is 0.318. The Balaban J connectivity index is 1.80. The molecule has 0 radical (unpaired) electrons. The van der Waals surface area contributed by atoms with Gasteiger partial charge in [-0.05, 0) is 30.3 Å². The van der Waals surface area contributed by atoms with Gasteiger partial charge in [0.25, 0.3) is 15.9 Å². The van der Waals surface area contributed by atoms with Crippen molar-refractivity contribution >= 4 is 33.2 Å². The van der Waals surface area contributed by atoms with Gasteiger partial charge >= 0.3 is 0 Å². The number of piperazine rings is 1. The minimum atomic E-state index is -3.84. The Kier molecular flexibility index (Phi) is 7.03. The van der Waals surface area contributed by atoms with Gasteiger partial charge in [-0.15, -0.1) is 12.3 Å². The van der Waals surface area contributed by atoms with Crippen molar-refractivity contribution in [2.75, 3.05) is 44.1 Å². The molecule has 0 N–H and O–H groups in total. The third-order valence-electron chi connectivity index (χ3n) is 5.18. The molecule has 0 bridgehead atoms. The molecule has 1 amide bonds. The Morgan fingerprint density at radius 3 is 2.43 bits per heavy atom. The van der Waals surface area contributed by atoms with Crippen LogP contribution in [0.3, 0.4) is 0 Å². The van der Waals surface area contributed by atoms with Crippen molar-refractivity contribution in [3.63, 3.8) is 0 Å². The normalized spacial score (nSPS) is 14.9. The maximum absolute atomic E-state index is 13.1. The summed E-state index contributed by atoms with van der Waals surface area (Å²) in [6.45, 7) is 3.33. The molecule has 1 aliphatic rings. The van der Waals surface area contributed by atoms with Gasteiger partial charge in [-0.2, -0.15) is 0 Å². The zero-order valence-electron chi connectivity index (χ0n) is 16.8. The van der Waals surface area contributed by atoms with E-state index in [1.165, 1.54) is 29.6 Å².